The third-order valence-electron chi connectivity index (χ3n) is 4.21. The lowest BCUT2D eigenvalue weighted by atomic mass is 10.1. The molecule has 1 fully saturated rings. The number of rotatable bonds is 6. The molecule has 0 spiro atoms. The van der Waals surface area contributed by atoms with Gasteiger partial charge in [0.05, 0.1) is 31.0 Å². The Morgan fingerprint density at radius 1 is 1.04 bits per heavy atom. The van der Waals surface area contributed by atoms with E-state index in [0.29, 0.717) is 26.3 Å². The van der Waals surface area contributed by atoms with Crippen LogP contribution in [0, 0.1) is 0 Å². The monoisotopic (exact) mass is 370 g/mol. The van der Waals surface area contributed by atoms with Gasteiger partial charge in [0.2, 0.25) is 0 Å². The lowest BCUT2D eigenvalue weighted by Gasteiger charge is -2.28. The van der Waals surface area contributed by atoms with Crippen molar-refractivity contribution in [3.63, 3.8) is 0 Å². The second kappa shape index (κ2) is 9.00. The minimum atomic E-state index is -0.973. The van der Waals surface area contributed by atoms with E-state index < -0.39 is 5.97 Å². The first-order valence-corrected chi connectivity index (χ1v) is 8.74. The fraction of sp³-hybridized carbons (Fsp3) is 0.316. The molecule has 1 saturated heterocycles. The summed E-state index contributed by atoms with van der Waals surface area (Å²) < 4.78 is 5.35. The number of benzene rings is 1. The number of aromatic nitrogens is 1. The number of aromatic carboxylic acids is 1. The molecule has 1 aromatic heterocycles. The first kappa shape index (κ1) is 18.7. The van der Waals surface area contributed by atoms with E-state index in [9.17, 15) is 9.59 Å². The summed E-state index contributed by atoms with van der Waals surface area (Å²) in [6.07, 6.45) is 0. The van der Waals surface area contributed by atoms with Crippen molar-refractivity contribution in [3.8, 4) is 0 Å². The van der Waals surface area contributed by atoms with Crippen LogP contribution in [-0.2, 0) is 17.8 Å². The van der Waals surface area contributed by atoms with Gasteiger partial charge in [-0.05, 0) is 29.8 Å². The Kier molecular flexibility index (Phi) is 6.22. The van der Waals surface area contributed by atoms with Crippen molar-refractivity contribution in [2.45, 2.75) is 13.1 Å². The molecule has 1 aliphatic rings. The SMILES string of the molecule is O=C(NCc1ccc(C(=O)O)cc1)NCc1cccc(N2CCOCC2)n1. The average Bonchev–Trinajstić information content (AvgIpc) is 2.72. The molecular formula is C19H22N4O4. The van der Waals surface area contributed by atoms with Crippen LogP contribution in [0.4, 0.5) is 10.6 Å². The lowest BCUT2D eigenvalue weighted by molar-refractivity contribution is 0.0697. The molecule has 8 heteroatoms. The van der Waals surface area contributed by atoms with Crippen LogP contribution in [-0.4, -0.2) is 48.4 Å². The second-order valence-electron chi connectivity index (χ2n) is 6.12. The predicted molar refractivity (Wildman–Crippen MR) is 99.7 cm³/mol. The van der Waals surface area contributed by atoms with E-state index >= 15 is 0 Å². The fourth-order valence-corrected chi connectivity index (χ4v) is 2.71. The molecule has 0 saturated carbocycles. The van der Waals surface area contributed by atoms with E-state index in [-0.39, 0.29) is 11.6 Å². The van der Waals surface area contributed by atoms with E-state index in [2.05, 4.69) is 20.5 Å². The van der Waals surface area contributed by atoms with E-state index in [1.165, 1.54) is 12.1 Å². The molecule has 27 heavy (non-hydrogen) atoms. The topological polar surface area (TPSA) is 104 Å². The molecule has 2 amide bonds. The maximum Gasteiger partial charge on any atom is 0.335 e. The maximum absolute atomic E-state index is 12.0. The van der Waals surface area contributed by atoms with Gasteiger partial charge >= 0.3 is 12.0 Å². The number of carbonyl (C=O) groups excluding carboxylic acids is 1. The fourth-order valence-electron chi connectivity index (χ4n) is 2.71. The third-order valence-corrected chi connectivity index (χ3v) is 4.21. The van der Waals surface area contributed by atoms with Gasteiger partial charge in [-0.25, -0.2) is 14.6 Å². The average molecular weight is 370 g/mol. The van der Waals surface area contributed by atoms with Gasteiger partial charge in [0.25, 0.3) is 0 Å². The summed E-state index contributed by atoms with van der Waals surface area (Å²) in [7, 11) is 0. The first-order chi connectivity index (χ1) is 13.1. The number of pyridine rings is 1. The summed E-state index contributed by atoms with van der Waals surface area (Å²) in [5.74, 6) is -0.0874. The highest BCUT2D eigenvalue weighted by molar-refractivity contribution is 5.87. The number of amides is 2. The van der Waals surface area contributed by atoms with Crippen LogP contribution in [0.5, 0.6) is 0 Å². The minimum absolute atomic E-state index is 0.217. The molecule has 142 valence electrons. The number of anilines is 1. The van der Waals surface area contributed by atoms with Crippen LogP contribution in [0.2, 0.25) is 0 Å². The van der Waals surface area contributed by atoms with Crippen molar-refractivity contribution < 1.29 is 19.4 Å². The van der Waals surface area contributed by atoms with Crippen molar-refractivity contribution >= 4 is 17.8 Å². The van der Waals surface area contributed by atoms with Crippen LogP contribution in [0.15, 0.2) is 42.5 Å². The number of nitrogens with zero attached hydrogens (tertiary/aromatic N) is 2. The van der Waals surface area contributed by atoms with Gasteiger partial charge in [-0.15, -0.1) is 0 Å². The Morgan fingerprint density at radius 3 is 2.44 bits per heavy atom. The number of hydrogen-bond donors (Lipinski definition) is 3. The van der Waals surface area contributed by atoms with Gasteiger partial charge < -0.3 is 25.4 Å². The summed E-state index contributed by atoms with van der Waals surface area (Å²) in [5.41, 5.74) is 1.82. The molecule has 1 aliphatic heterocycles. The van der Waals surface area contributed by atoms with Gasteiger partial charge in [-0.3, -0.25) is 0 Å². The summed E-state index contributed by atoms with van der Waals surface area (Å²) >= 11 is 0. The largest absolute Gasteiger partial charge is 0.478 e. The van der Waals surface area contributed by atoms with Gasteiger partial charge in [0, 0.05) is 19.6 Å². The number of nitrogens with one attached hydrogen (secondary N) is 2. The molecule has 3 N–H and O–H groups in total. The molecule has 2 heterocycles. The van der Waals surface area contributed by atoms with Gasteiger partial charge in [-0.1, -0.05) is 18.2 Å². The lowest BCUT2D eigenvalue weighted by Crippen LogP contribution is -2.37. The quantitative estimate of drug-likeness (QED) is 0.714. The molecular weight excluding hydrogens is 348 g/mol. The number of carboxylic acid groups (broad SMARTS) is 1. The van der Waals surface area contributed by atoms with Crippen LogP contribution in [0.1, 0.15) is 21.6 Å². The zero-order valence-corrected chi connectivity index (χ0v) is 14.9. The smallest absolute Gasteiger partial charge is 0.335 e. The summed E-state index contributed by atoms with van der Waals surface area (Å²) in [6.45, 7) is 3.64. The van der Waals surface area contributed by atoms with Crippen LogP contribution >= 0.6 is 0 Å². The van der Waals surface area contributed by atoms with Crippen molar-refractivity contribution in [3.05, 3.63) is 59.3 Å². The Balaban J connectivity index is 1.46. The van der Waals surface area contributed by atoms with Gasteiger partial charge in [-0.2, -0.15) is 0 Å². The predicted octanol–water partition coefficient (Wildman–Crippen LogP) is 1.62. The zero-order chi connectivity index (χ0) is 19.1. The zero-order valence-electron chi connectivity index (χ0n) is 14.9. The second-order valence-corrected chi connectivity index (χ2v) is 6.12. The van der Waals surface area contributed by atoms with Crippen molar-refractivity contribution in [2.24, 2.45) is 0 Å². The van der Waals surface area contributed by atoms with Crippen LogP contribution in [0.3, 0.4) is 0 Å². The molecule has 0 unspecified atom stereocenters. The molecule has 8 nitrogen and oxygen atoms in total. The summed E-state index contributed by atoms with van der Waals surface area (Å²) in [4.78, 5) is 29.6. The van der Waals surface area contributed by atoms with Gasteiger partial charge in [0.15, 0.2) is 0 Å². The Bertz CT molecular complexity index is 789. The van der Waals surface area contributed by atoms with Crippen LogP contribution in [0.25, 0.3) is 0 Å². The molecule has 0 radical (unpaired) electrons. The third kappa shape index (κ3) is 5.42. The Hall–Kier alpha value is -3.13. The first-order valence-electron chi connectivity index (χ1n) is 8.74. The van der Waals surface area contributed by atoms with E-state index in [0.717, 1.165) is 30.2 Å². The van der Waals surface area contributed by atoms with E-state index in [1.54, 1.807) is 12.1 Å². The standard InChI is InChI=1S/C19H22N4O4/c24-18(25)15-6-4-14(5-7-15)12-20-19(26)21-13-16-2-1-3-17(22-16)23-8-10-27-11-9-23/h1-7H,8-13H2,(H,24,25)(H2,20,21,26). The molecule has 0 aliphatic carbocycles. The van der Waals surface area contributed by atoms with E-state index in [4.69, 9.17) is 9.84 Å². The minimum Gasteiger partial charge on any atom is -0.478 e. The van der Waals surface area contributed by atoms with Crippen molar-refractivity contribution in [1.29, 1.82) is 0 Å². The highest BCUT2D eigenvalue weighted by atomic mass is 16.5. The van der Waals surface area contributed by atoms with Crippen LogP contribution < -0.4 is 15.5 Å². The highest BCUT2D eigenvalue weighted by Crippen LogP contribution is 2.13. The van der Waals surface area contributed by atoms with Crippen molar-refractivity contribution in [2.75, 3.05) is 31.2 Å². The van der Waals surface area contributed by atoms with Gasteiger partial charge in [0.1, 0.15) is 5.82 Å². The number of ether oxygens (including phenoxy) is 1. The van der Waals surface area contributed by atoms with E-state index in [1.807, 2.05) is 18.2 Å². The highest BCUT2D eigenvalue weighted by Gasteiger charge is 2.12. The number of hydrogen-bond acceptors (Lipinski definition) is 5. The number of carbonyl (C=O) groups is 2. The normalized spacial score (nSPS) is 13.9. The summed E-state index contributed by atoms with van der Waals surface area (Å²) in [5, 5.41) is 14.4. The summed E-state index contributed by atoms with van der Waals surface area (Å²) in [6, 6.07) is 11.8. The number of carboxylic acids is 1. The molecule has 3 rings (SSSR count). The Morgan fingerprint density at radius 2 is 1.74 bits per heavy atom. The maximum atomic E-state index is 12.0. The molecule has 2 aromatic rings. The number of morpholine rings is 1. The molecule has 1 aromatic carbocycles. The number of urea groups is 1. The van der Waals surface area contributed by atoms with Crippen molar-refractivity contribution in [1.82, 2.24) is 15.6 Å². The Labute approximate surface area is 157 Å². The molecule has 0 bridgehead atoms. The molecule has 0 atom stereocenters.